The monoisotopic (exact) mass is 507 g/mol. The molecular formula is C26H23BrFN3O2. The third-order valence-corrected chi connectivity index (χ3v) is 5.80. The van der Waals surface area contributed by atoms with Gasteiger partial charge < -0.3 is 10.1 Å². The van der Waals surface area contributed by atoms with E-state index in [-0.39, 0.29) is 11.7 Å². The summed E-state index contributed by atoms with van der Waals surface area (Å²) >= 11 is 3.40. The zero-order valence-electron chi connectivity index (χ0n) is 18.3. The number of nitrogens with zero attached hydrogens (tertiary/aromatic N) is 2. The second-order valence-electron chi connectivity index (χ2n) is 7.73. The van der Waals surface area contributed by atoms with E-state index in [0.717, 1.165) is 32.7 Å². The molecule has 0 unspecified atom stereocenters. The van der Waals surface area contributed by atoms with E-state index in [1.165, 1.54) is 12.1 Å². The quantitative estimate of drug-likeness (QED) is 0.320. The van der Waals surface area contributed by atoms with Crippen LogP contribution in [0, 0.1) is 19.7 Å². The molecule has 1 N–H and O–H groups in total. The van der Waals surface area contributed by atoms with Crippen molar-refractivity contribution in [2.45, 2.75) is 27.0 Å². The van der Waals surface area contributed by atoms with Crippen LogP contribution in [-0.2, 0) is 13.2 Å². The third kappa shape index (κ3) is 5.68. The fraction of sp³-hybridized carbons (Fsp3) is 0.154. The van der Waals surface area contributed by atoms with Gasteiger partial charge in [-0.2, -0.15) is 5.10 Å². The van der Waals surface area contributed by atoms with Crippen LogP contribution >= 0.6 is 15.9 Å². The molecule has 0 radical (unpaired) electrons. The number of nitrogens with one attached hydrogen (secondary N) is 1. The van der Waals surface area contributed by atoms with E-state index in [4.69, 9.17) is 4.74 Å². The summed E-state index contributed by atoms with van der Waals surface area (Å²) in [5.74, 6) is 0.269. The number of halogens is 2. The minimum absolute atomic E-state index is 0.215. The molecule has 0 aliphatic carbocycles. The largest absolute Gasteiger partial charge is 0.489 e. The second kappa shape index (κ2) is 10.0. The Morgan fingerprint density at radius 2 is 1.76 bits per heavy atom. The summed E-state index contributed by atoms with van der Waals surface area (Å²) in [7, 11) is 0. The first-order chi connectivity index (χ1) is 15.9. The maximum atomic E-state index is 13.2. The van der Waals surface area contributed by atoms with Crippen LogP contribution in [0.1, 0.15) is 32.9 Å². The number of hydrogen-bond donors (Lipinski definition) is 1. The number of aryl methyl sites for hydroxylation is 1. The van der Waals surface area contributed by atoms with Crippen molar-refractivity contribution in [1.82, 2.24) is 9.78 Å². The highest BCUT2D eigenvalue weighted by Gasteiger charge is 2.16. The van der Waals surface area contributed by atoms with Gasteiger partial charge in [0.25, 0.3) is 5.91 Å². The minimum atomic E-state index is -0.274. The molecular weight excluding hydrogens is 485 g/mol. The van der Waals surface area contributed by atoms with Crippen molar-refractivity contribution in [2.24, 2.45) is 0 Å². The number of amides is 1. The fourth-order valence-corrected chi connectivity index (χ4v) is 3.74. The van der Waals surface area contributed by atoms with Crippen LogP contribution in [0.2, 0.25) is 0 Å². The Hall–Kier alpha value is -3.45. The molecule has 3 aromatic carbocycles. The maximum absolute atomic E-state index is 13.2. The van der Waals surface area contributed by atoms with Crippen molar-refractivity contribution in [3.63, 3.8) is 0 Å². The molecule has 0 saturated heterocycles. The third-order valence-electron chi connectivity index (χ3n) is 5.27. The van der Waals surface area contributed by atoms with Gasteiger partial charge in [0.1, 0.15) is 18.2 Å². The molecule has 0 bridgehead atoms. The van der Waals surface area contributed by atoms with Crippen molar-refractivity contribution in [2.75, 3.05) is 5.32 Å². The van der Waals surface area contributed by atoms with E-state index in [2.05, 4.69) is 26.3 Å². The van der Waals surface area contributed by atoms with Gasteiger partial charge in [-0.15, -0.1) is 0 Å². The lowest BCUT2D eigenvalue weighted by Gasteiger charge is -2.10. The average molecular weight is 508 g/mol. The number of carbonyl (C=O) groups is 1. The second-order valence-corrected chi connectivity index (χ2v) is 8.64. The van der Waals surface area contributed by atoms with E-state index in [1.54, 1.807) is 22.9 Å². The predicted octanol–water partition coefficient (Wildman–Crippen LogP) is 6.28. The Bertz CT molecular complexity index is 1270. The molecule has 1 aromatic heterocycles. The standard InChI is InChI=1S/C26H23BrFN3O2/c1-17-25(18(2)31(30-17)15-19-6-10-23(28)11-7-19)29-26(32)21-5-3-4-20(14-21)16-33-24-12-8-22(27)9-13-24/h3-14H,15-16H2,1-2H3,(H,29,32). The molecule has 0 aliphatic heterocycles. The summed E-state index contributed by atoms with van der Waals surface area (Å²) in [6.45, 7) is 4.61. The highest BCUT2D eigenvalue weighted by atomic mass is 79.9. The molecule has 0 aliphatic rings. The molecule has 4 rings (SSSR count). The zero-order chi connectivity index (χ0) is 23.4. The van der Waals surface area contributed by atoms with Crippen LogP contribution in [0.15, 0.2) is 77.3 Å². The molecule has 1 heterocycles. The van der Waals surface area contributed by atoms with Crippen molar-refractivity contribution in [3.8, 4) is 5.75 Å². The van der Waals surface area contributed by atoms with Gasteiger partial charge in [0.2, 0.25) is 0 Å². The molecule has 1 amide bonds. The van der Waals surface area contributed by atoms with Gasteiger partial charge in [0.05, 0.1) is 23.6 Å². The topological polar surface area (TPSA) is 56.2 Å². The van der Waals surface area contributed by atoms with Crippen LogP contribution < -0.4 is 10.1 Å². The lowest BCUT2D eigenvalue weighted by Crippen LogP contribution is -2.14. The first kappa shape index (κ1) is 22.7. The van der Waals surface area contributed by atoms with Gasteiger partial charge in [-0.3, -0.25) is 9.48 Å². The van der Waals surface area contributed by atoms with Gasteiger partial charge in [-0.25, -0.2) is 4.39 Å². The van der Waals surface area contributed by atoms with Crippen molar-refractivity contribution in [3.05, 3.63) is 111 Å². The molecule has 4 aromatic rings. The molecule has 7 heteroatoms. The van der Waals surface area contributed by atoms with E-state index < -0.39 is 0 Å². The highest BCUT2D eigenvalue weighted by molar-refractivity contribution is 9.10. The Labute approximate surface area is 200 Å². The average Bonchev–Trinajstić information content (AvgIpc) is 3.07. The first-order valence-corrected chi connectivity index (χ1v) is 11.3. The van der Waals surface area contributed by atoms with Crippen molar-refractivity contribution in [1.29, 1.82) is 0 Å². The predicted molar refractivity (Wildman–Crippen MR) is 130 cm³/mol. The Balaban J connectivity index is 1.44. The minimum Gasteiger partial charge on any atom is -0.489 e. The summed E-state index contributed by atoms with van der Waals surface area (Å²) in [5, 5.41) is 7.54. The zero-order valence-corrected chi connectivity index (χ0v) is 19.9. The smallest absolute Gasteiger partial charge is 0.255 e. The normalized spacial score (nSPS) is 10.8. The lowest BCUT2D eigenvalue weighted by atomic mass is 10.1. The fourth-order valence-electron chi connectivity index (χ4n) is 3.48. The summed E-state index contributed by atoms with van der Waals surface area (Å²) < 4.78 is 21.8. The first-order valence-electron chi connectivity index (χ1n) is 10.5. The van der Waals surface area contributed by atoms with Crippen LogP contribution in [-0.4, -0.2) is 15.7 Å². The van der Waals surface area contributed by atoms with Crippen LogP contribution in [0.3, 0.4) is 0 Å². The molecule has 33 heavy (non-hydrogen) atoms. The lowest BCUT2D eigenvalue weighted by molar-refractivity contribution is 0.102. The molecule has 0 fully saturated rings. The molecule has 0 spiro atoms. The SMILES string of the molecule is Cc1nn(Cc2ccc(F)cc2)c(C)c1NC(=O)c1cccc(COc2ccc(Br)cc2)c1. The molecule has 0 saturated carbocycles. The molecule has 5 nitrogen and oxygen atoms in total. The van der Waals surface area contributed by atoms with Gasteiger partial charge in [-0.1, -0.05) is 40.2 Å². The van der Waals surface area contributed by atoms with Gasteiger partial charge in [-0.05, 0) is 73.5 Å². The van der Waals surface area contributed by atoms with E-state index >= 15 is 0 Å². The van der Waals surface area contributed by atoms with Gasteiger partial charge in [0.15, 0.2) is 0 Å². The summed E-state index contributed by atoms with van der Waals surface area (Å²) in [5.41, 5.74) is 4.59. The van der Waals surface area contributed by atoms with E-state index in [0.29, 0.717) is 24.4 Å². The number of ether oxygens (including phenoxy) is 1. The Morgan fingerprint density at radius 1 is 1.03 bits per heavy atom. The number of aromatic nitrogens is 2. The van der Waals surface area contributed by atoms with E-state index in [9.17, 15) is 9.18 Å². The van der Waals surface area contributed by atoms with Crippen LogP contribution in [0.5, 0.6) is 5.75 Å². The maximum Gasteiger partial charge on any atom is 0.255 e. The van der Waals surface area contributed by atoms with Gasteiger partial charge in [0, 0.05) is 10.0 Å². The number of carbonyl (C=O) groups excluding carboxylic acids is 1. The van der Waals surface area contributed by atoms with Crippen molar-refractivity contribution < 1.29 is 13.9 Å². The highest BCUT2D eigenvalue weighted by Crippen LogP contribution is 2.22. The number of benzene rings is 3. The molecule has 0 atom stereocenters. The summed E-state index contributed by atoms with van der Waals surface area (Å²) in [6, 6.07) is 21.3. The number of rotatable bonds is 7. The Morgan fingerprint density at radius 3 is 2.48 bits per heavy atom. The van der Waals surface area contributed by atoms with E-state index in [1.807, 2.05) is 56.3 Å². The number of anilines is 1. The van der Waals surface area contributed by atoms with Gasteiger partial charge >= 0.3 is 0 Å². The van der Waals surface area contributed by atoms with Crippen LogP contribution in [0.4, 0.5) is 10.1 Å². The Kier molecular flexibility index (Phi) is 6.89. The summed E-state index contributed by atoms with van der Waals surface area (Å²) in [6.07, 6.45) is 0. The molecule has 168 valence electrons. The van der Waals surface area contributed by atoms with Crippen LogP contribution in [0.25, 0.3) is 0 Å². The van der Waals surface area contributed by atoms with Crippen molar-refractivity contribution >= 4 is 27.5 Å². The summed E-state index contributed by atoms with van der Waals surface area (Å²) in [4.78, 5) is 13.0. The number of hydrogen-bond acceptors (Lipinski definition) is 3.